The Kier molecular flexibility index (Phi) is 2.27. The maximum absolute atomic E-state index is 4.55. The third-order valence-corrected chi connectivity index (χ3v) is 3.81. The molecule has 2 heteroatoms. The highest BCUT2D eigenvalue weighted by molar-refractivity contribution is 5.82. The van der Waals surface area contributed by atoms with Gasteiger partial charge in [-0.25, -0.2) is 0 Å². The number of hydrogen-bond donors (Lipinski definition) is 1. The van der Waals surface area contributed by atoms with Crippen molar-refractivity contribution in [3.05, 3.63) is 71.9 Å². The van der Waals surface area contributed by atoms with Gasteiger partial charge in [0.05, 0.1) is 11.6 Å². The van der Waals surface area contributed by atoms with Crippen LogP contribution in [0.1, 0.15) is 17.2 Å². The van der Waals surface area contributed by atoms with Crippen molar-refractivity contribution in [3.8, 4) is 0 Å². The van der Waals surface area contributed by atoms with Gasteiger partial charge in [0, 0.05) is 22.8 Å². The SMILES string of the molecule is c1ccc2c(c1)CC(c1cccc3cccnc13)N2. The molecule has 0 aliphatic carbocycles. The number of pyridine rings is 1. The lowest BCUT2D eigenvalue weighted by Gasteiger charge is -2.13. The standard InChI is InChI=1S/C17H14N2/c1-2-9-15-13(5-1)11-16(19-15)14-8-3-6-12-7-4-10-18-17(12)14/h1-10,16,19H,11H2. The molecule has 92 valence electrons. The maximum Gasteiger partial charge on any atom is 0.0754 e. The highest BCUT2D eigenvalue weighted by Gasteiger charge is 2.23. The van der Waals surface area contributed by atoms with Crippen molar-refractivity contribution < 1.29 is 0 Å². The first kappa shape index (κ1) is 10.6. The van der Waals surface area contributed by atoms with E-state index < -0.39 is 0 Å². The third-order valence-electron chi connectivity index (χ3n) is 3.81. The van der Waals surface area contributed by atoms with Crippen LogP contribution in [-0.2, 0) is 6.42 Å². The van der Waals surface area contributed by atoms with Gasteiger partial charge in [0.2, 0.25) is 0 Å². The van der Waals surface area contributed by atoms with Crippen molar-refractivity contribution in [2.24, 2.45) is 0 Å². The van der Waals surface area contributed by atoms with Gasteiger partial charge in [0.25, 0.3) is 0 Å². The summed E-state index contributed by atoms with van der Waals surface area (Å²) in [6, 6.07) is 19.4. The van der Waals surface area contributed by atoms with E-state index in [1.165, 1.54) is 22.2 Å². The zero-order valence-corrected chi connectivity index (χ0v) is 10.5. The first-order valence-corrected chi connectivity index (χ1v) is 6.60. The van der Waals surface area contributed by atoms with E-state index in [1.54, 1.807) is 0 Å². The van der Waals surface area contributed by atoms with E-state index in [0.717, 1.165) is 11.9 Å². The summed E-state index contributed by atoms with van der Waals surface area (Å²) in [5.74, 6) is 0. The Bertz CT molecular complexity index is 719. The zero-order valence-electron chi connectivity index (χ0n) is 10.5. The van der Waals surface area contributed by atoms with Gasteiger partial charge < -0.3 is 5.32 Å². The molecule has 1 aliphatic rings. The molecule has 1 atom stereocenters. The first-order chi connectivity index (χ1) is 9.42. The topological polar surface area (TPSA) is 24.9 Å². The second-order valence-corrected chi connectivity index (χ2v) is 4.98. The van der Waals surface area contributed by atoms with Crippen LogP contribution in [0.3, 0.4) is 0 Å². The molecule has 4 rings (SSSR count). The molecule has 3 aromatic rings. The largest absolute Gasteiger partial charge is 0.378 e. The fourth-order valence-corrected chi connectivity index (χ4v) is 2.89. The van der Waals surface area contributed by atoms with E-state index in [9.17, 15) is 0 Å². The number of benzene rings is 2. The predicted molar refractivity (Wildman–Crippen MR) is 78.3 cm³/mol. The fraction of sp³-hybridized carbons (Fsp3) is 0.118. The molecule has 1 aromatic heterocycles. The lowest BCUT2D eigenvalue weighted by Crippen LogP contribution is -2.06. The van der Waals surface area contributed by atoms with Crippen LogP contribution >= 0.6 is 0 Å². The van der Waals surface area contributed by atoms with Gasteiger partial charge in [-0.05, 0) is 24.1 Å². The molecule has 0 fully saturated rings. The van der Waals surface area contributed by atoms with Gasteiger partial charge in [0.15, 0.2) is 0 Å². The number of para-hydroxylation sites is 2. The number of hydrogen-bond acceptors (Lipinski definition) is 2. The molecule has 1 N–H and O–H groups in total. The number of rotatable bonds is 1. The van der Waals surface area contributed by atoms with Gasteiger partial charge in [0.1, 0.15) is 0 Å². The molecule has 1 unspecified atom stereocenters. The van der Waals surface area contributed by atoms with Crippen LogP contribution in [0.25, 0.3) is 10.9 Å². The molecule has 0 bridgehead atoms. The monoisotopic (exact) mass is 246 g/mol. The Hall–Kier alpha value is -2.35. The summed E-state index contributed by atoms with van der Waals surface area (Å²) in [5, 5.41) is 4.81. The average Bonchev–Trinajstić information content (AvgIpc) is 2.90. The Morgan fingerprint density at radius 2 is 1.84 bits per heavy atom. The second-order valence-electron chi connectivity index (χ2n) is 4.98. The molecule has 0 saturated carbocycles. The van der Waals surface area contributed by atoms with Gasteiger partial charge in [-0.2, -0.15) is 0 Å². The van der Waals surface area contributed by atoms with E-state index in [2.05, 4.69) is 58.8 Å². The van der Waals surface area contributed by atoms with E-state index in [0.29, 0.717) is 6.04 Å². The minimum absolute atomic E-state index is 0.330. The number of aromatic nitrogens is 1. The van der Waals surface area contributed by atoms with E-state index in [-0.39, 0.29) is 0 Å². The molecule has 2 nitrogen and oxygen atoms in total. The summed E-state index contributed by atoms with van der Waals surface area (Å²) >= 11 is 0. The van der Waals surface area contributed by atoms with E-state index >= 15 is 0 Å². The summed E-state index contributed by atoms with van der Waals surface area (Å²) < 4.78 is 0. The molecule has 0 spiro atoms. The van der Waals surface area contributed by atoms with Crippen molar-refractivity contribution in [1.29, 1.82) is 0 Å². The van der Waals surface area contributed by atoms with E-state index in [1.807, 2.05) is 12.3 Å². The molecule has 19 heavy (non-hydrogen) atoms. The summed E-state index contributed by atoms with van der Waals surface area (Å²) in [4.78, 5) is 4.55. The zero-order chi connectivity index (χ0) is 12.7. The van der Waals surface area contributed by atoms with Gasteiger partial charge >= 0.3 is 0 Å². The van der Waals surface area contributed by atoms with Crippen LogP contribution in [0.15, 0.2) is 60.8 Å². The van der Waals surface area contributed by atoms with Gasteiger partial charge in [-0.3, -0.25) is 4.98 Å². The minimum Gasteiger partial charge on any atom is -0.378 e. The normalized spacial score (nSPS) is 17.2. The van der Waals surface area contributed by atoms with Crippen LogP contribution in [0.4, 0.5) is 5.69 Å². The van der Waals surface area contributed by atoms with Crippen LogP contribution in [0, 0.1) is 0 Å². The summed E-state index contributed by atoms with van der Waals surface area (Å²) in [5.41, 5.74) is 5.03. The average molecular weight is 246 g/mol. The van der Waals surface area contributed by atoms with Crippen molar-refractivity contribution >= 4 is 16.6 Å². The van der Waals surface area contributed by atoms with Crippen LogP contribution in [0.5, 0.6) is 0 Å². The lowest BCUT2D eigenvalue weighted by atomic mass is 10.00. The number of anilines is 1. The Balaban J connectivity index is 1.81. The summed E-state index contributed by atoms with van der Waals surface area (Å²) in [6.45, 7) is 0. The van der Waals surface area contributed by atoms with Crippen molar-refractivity contribution in [3.63, 3.8) is 0 Å². The van der Waals surface area contributed by atoms with Crippen LogP contribution in [-0.4, -0.2) is 4.98 Å². The second kappa shape index (κ2) is 4.09. The molecule has 1 aliphatic heterocycles. The Morgan fingerprint density at radius 3 is 2.79 bits per heavy atom. The minimum atomic E-state index is 0.330. The molecule has 0 amide bonds. The predicted octanol–water partition coefficient (Wildman–Crippen LogP) is 3.94. The highest BCUT2D eigenvalue weighted by atomic mass is 15.0. The van der Waals surface area contributed by atoms with Crippen molar-refractivity contribution in [2.75, 3.05) is 5.32 Å². The molecule has 2 aromatic carbocycles. The Morgan fingerprint density at radius 1 is 0.947 bits per heavy atom. The van der Waals surface area contributed by atoms with Crippen LogP contribution in [0.2, 0.25) is 0 Å². The van der Waals surface area contributed by atoms with Crippen LogP contribution < -0.4 is 5.32 Å². The number of nitrogens with one attached hydrogen (secondary N) is 1. The molecular formula is C17H14N2. The van der Waals surface area contributed by atoms with Gasteiger partial charge in [-0.1, -0.05) is 42.5 Å². The first-order valence-electron chi connectivity index (χ1n) is 6.60. The van der Waals surface area contributed by atoms with Crippen molar-refractivity contribution in [2.45, 2.75) is 12.5 Å². The number of nitrogens with zero attached hydrogens (tertiary/aromatic N) is 1. The number of fused-ring (bicyclic) bond motifs is 2. The highest BCUT2D eigenvalue weighted by Crippen LogP contribution is 2.35. The Labute approximate surface area is 112 Å². The molecule has 0 radical (unpaired) electrons. The lowest BCUT2D eigenvalue weighted by molar-refractivity contribution is 0.829. The molecule has 2 heterocycles. The van der Waals surface area contributed by atoms with Crippen molar-refractivity contribution in [1.82, 2.24) is 4.98 Å². The summed E-state index contributed by atoms with van der Waals surface area (Å²) in [7, 11) is 0. The smallest absolute Gasteiger partial charge is 0.0754 e. The molecule has 0 saturated heterocycles. The van der Waals surface area contributed by atoms with E-state index in [4.69, 9.17) is 0 Å². The molecular weight excluding hydrogens is 232 g/mol. The fourth-order valence-electron chi connectivity index (χ4n) is 2.89. The quantitative estimate of drug-likeness (QED) is 0.703. The maximum atomic E-state index is 4.55. The third kappa shape index (κ3) is 1.68. The van der Waals surface area contributed by atoms with Gasteiger partial charge in [-0.15, -0.1) is 0 Å². The summed E-state index contributed by atoms with van der Waals surface area (Å²) in [6.07, 6.45) is 2.90.